The molecule has 0 unspecified atom stereocenters. The zero-order chi connectivity index (χ0) is 17.6. The van der Waals surface area contributed by atoms with Crippen molar-refractivity contribution >= 4 is 11.8 Å². The number of pyridine rings is 1. The number of amides is 2. The predicted octanol–water partition coefficient (Wildman–Crippen LogP) is 3.08. The predicted molar refractivity (Wildman–Crippen MR) is 93.2 cm³/mol. The minimum absolute atomic E-state index is 0.339. The van der Waals surface area contributed by atoms with Crippen molar-refractivity contribution in [3.05, 3.63) is 71.9 Å². The molecule has 0 saturated heterocycles. The highest BCUT2D eigenvalue weighted by atomic mass is 19.1. The zero-order valence-electron chi connectivity index (χ0n) is 13.7. The second-order valence-electron chi connectivity index (χ2n) is 5.51. The van der Waals surface area contributed by atoms with E-state index in [1.807, 2.05) is 25.1 Å². The Kier molecular flexibility index (Phi) is 5.03. The zero-order valence-corrected chi connectivity index (χ0v) is 13.7. The van der Waals surface area contributed by atoms with Crippen molar-refractivity contribution in [2.24, 2.45) is 0 Å². The van der Waals surface area contributed by atoms with Crippen molar-refractivity contribution in [3.63, 3.8) is 0 Å². The molecule has 0 saturated carbocycles. The maximum absolute atomic E-state index is 13.4. The van der Waals surface area contributed by atoms with Crippen LogP contribution in [0.5, 0.6) is 0 Å². The number of nitrogens with zero attached hydrogens (tertiary/aromatic N) is 3. The van der Waals surface area contributed by atoms with E-state index < -0.39 is 0 Å². The van der Waals surface area contributed by atoms with Gasteiger partial charge in [-0.15, -0.1) is 5.10 Å². The van der Waals surface area contributed by atoms with Crippen molar-refractivity contribution in [2.75, 3.05) is 11.9 Å². The van der Waals surface area contributed by atoms with Gasteiger partial charge in [0.25, 0.3) is 0 Å². The second kappa shape index (κ2) is 7.57. The SMILES string of the molecule is Cc1cc(NC(=O)NCCc2ccccn2)nn1-c1cccc(F)c1. The molecule has 3 aromatic rings. The van der Waals surface area contributed by atoms with Gasteiger partial charge in [-0.1, -0.05) is 12.1 Å². The maximum Gasteiger partial charge on any atom is 0.320 e. The lowest BCUT2D eigenvalue weighted by Crippen LogP contribution is -2.30. The van der Waals surface area contributed by atoms with Crippen molar-refractivity contribution in [3.8, 4) is 5.69 Å². The second-order valence-corrected chi connectivity index (χ2v) is 5.51. The molecule has 25 heavy (non-hydrogen) atoms. The summed E-state index contributed by atoms with van der Waals surface area (Å²) in [5, 5.41) is 9.73. The number of hydrogen-bond donors (Lipinski definition) is 2. The Morgan fingerprint density at radius 3 is 2.84 bits per heavy atom. The largest absolute Gasteiger partial charge is 0.337 e. The molecule has 2 amide bonds. The van der Waals surface area contributed by atoms with Crippen molar-refractivity contribution in [1.82, 2.24) is 20.1 Å². The van der Waals surface area contributed by atoms with Gasteiger partial charge in [0, 0.05) is 36.6 Å². The maximum atomic E-state index is 13.4. The summed E-state index contributed by atoms with van der Waals surface area (Å²) in [4.78, 5) is 16.2. The highest BCUT2D eigenvalue weighted by Gasteiger charge is 2.09. The quantitative estimate of drug-likeness (QED) is 0.750. The van der Waals surface area contributed by atoms with Gasteiger partial charge in [-0.25, -0.2) is 13.9 Å². The number of benzene rings is 1. The van der Waals surface area contributed by atoms with E-state index in [0.29, 0.717) is 24.5 Å². The van der Waals surface area contributed by atoms with E-state index in [-0.39, 0.29) is 11.8 Å². The van der Waals surface area contributed by atoms with Gasteiger partial charge in [-0.05, 0) is 37.3 Å². The average Bonchev–Trinajstić information content (AvgIpc) is 2.96. The van der Waals surface area contributed by atoms with E-state index in [1.54, 1.807) is 29.1 Å². The number of urea groups is 1. The van der Waals surface area contributed by atoms with Gasteiger partial charge < -0.3 is 5.32 Å². The molecular weight excluding hydrogens is 321 g/mol. The fourth-order valence-corrected chi connectivity index (χ4v) is 2.42. The highest BCUT2D eigenvalue weighted by Crippen LogP contribution is 2.15. The molecule has 7 heteroatoms. The summed E-state index contributed by atoms with van der Waals surface area (Å²) in [5.41, 5.74) is 2.30. The third kappa shape index (κ3) is 4.41. The molecule has 0 aliphatic rings. The fourth-order valence-electron chi connectivity index (χ4n) is 2.42. The Morgan fingerprint density at radius 2 is 2.08 bits per heavy atom. The number of rotatable bonds is 5. The van der Waals surface area contributed by atoms with Gasteiger partial charge in [-0.2, -0.15) is 0 Å². The number of nitrogens with one attached hydrogen (secondary N) is 2. The molecule has 0 radical (unpaired) electrons. The molecule has 2 aromatic heterocycles. The van der Waals surface area contributed by atoms with Crippen LogP contribution in [0.4, 0.5) is 15.0 Å². The van der Waals surface area contributed by atoms with Crippen LogP contribution in [0.15, 0.2) is 54.7 Å². The molecular formula is C18H18FN5O. The van der Waals surface area contributed by atoms with Crippen LogP contribution in [0, 0.1) is 12.7 Å². The third-order valence-corrected chi connectivity index (χ3v) is 3.57. The van der Waals surface area contributed by atoms with Crippen LogP contribution < -0.4 is 10.6 Å². The lowest BCUT2D eigenvalue weighted by Gasteiger charge is -2.06. The summed E-state index contributed by atoms with van der Waals surface area (Å²) in [6.45, 7) is 2.30. The normalized spacial score (nSPS) is 10.5. The van der Waals surface area contributed by atoms with Crippen molar-refractivity contribution in [2.45, 2.75) is 13.3 Å². The topological polar surface area (TPSA) is 71.8 Å². The molecule has 0 bridgehead atoms. The molecule has 1 aromatic carbocycles. The van der Waals surface area contributed by atoms with Gasteiger partial charge in [0.1, 0.15) is 5.82 Å². The van der Waals surface area contributed by atoms with Gasteiger partial charge in [0.15, 0.2) is 5.82 Å². The van der Waals surface area contributed by atoms with E-state index in [9.17, 15) is 9.18 Å². The third-order valence-electron chi connectivity index (χ3n) is 3.57. The van der Waals surface area contributed by atoms with Crippen molar-refractivity contribution in [1.29, 1.82) is 0 Å². The highest BCUT2D eigenvalue weighted by molar-refractivity contribution is 5.88. The van der Waals surface area contributed by atoms with Crippen LogP contribution in [-0.4, -0.2) is 27.3 Å². The summed E-state index contributed by atoms with van der Waals surface area (Å²) in [6, 6.07) is 13.2. The van der Waals surface area contributed by atoms with E-state index in [1.165, 1.54) is 12.1 Å². The average molecular weight is 339 g/mol. The smallest absolute Gasteiger partial charge is 0.320 e. The Bertz CT molecular complexity index is 863. The summed E-state index contributed by atoms with van der Waals surface area (Å²) >= 11 is 0. The summed E-state index contributed by atoms with van der Waals surface area (Å²) < 4.78 is 14.9. The number of carbonyl (C=O) groups excluding carboxylic acids is 1. The van der Waals surface area contributed by atoms with E-state index in [4.69, 9.17) is 0 Å². The lowest BCUT2D eigenvalue weighted by atomic mass is 10.3. The fraction of sp³-hybridized carbons (Fsp3) is 0.167. The first kappa shape index (κ1) is 16.6. The van der Waals surface area contributed by atoms with Crippen LogP contribution >= 0.6 is 0 Å². The summed E-state index contributed by atoms with van der Waals surface area (Å²) in [7, 11) is 0. The van der Waals surface area contributed by atoms with Crippen LogP contribution in [0.2, 0.25) is 0 Å². The standard InChI is InChI=1S/C18H18FN5O/c1-13-11-17(23-24(13)16-7-4-5-14(19)12-16)22-18(25)21-10-8-15-6-2-3-9-20-15/h2-7,9,11-12H,8,10H2,1H3,(H2,21,22,23,25). The molecule has 0 atom stereocenters. The molecule has 3 rings (SSSR count). The molecule has 2 heterocycles. The molecule has 0 fully saturated rings. The Balaban J connectivity index is 1.58. The first-order chi connectivity index (χ1) is 12.1. The van der Waals surface area contributed by atoms with Gasteiger partial charge in [0.05, 0.1) is 5.69 Å². The number of aryl methyl sites for hydroxylation is 1. The number of aromatic nitrogens is 3. The molecule has 0 aliphatic carbocycles. The van der Waals surface area contributed by atoms with E-state index in [0.717, 1.165) is 11.4 Å². The van der Waals surface area contributed by atoms with Gasteiger partial charge in [-0.3, -0.25) is 10.3 Å². The van der Waals surface area contributed by atoms with Gasteiger partial charge >= 0.3 is 6.03 Å². The first-order valence-electron chi connectivity index (χ1n) is 7.89. The summed E-state index contributed by atoms with van der Waals surface area (Å²) in [6.07, 6.45) is 2.36. The Morgan fingerprint density at radius 1 is 1.20 bits per heavy atom. The minimum atomic E-state index is -0.347. The molecule has 0 spiro atoms. The Labute approximate surface area is 144 Å². The van der Waals surface area contributed by atoms with Crippen LogP contribution in [0.3, 0.4) is 0 Å². The van der Waals surface area contributed by atoms with E-state index in [2.05, 4.69) is 20.7 Å². The van der Waals surface area contributed by atoms with Crippen LogP contribution in [0.25, 0.3) is 5.69 Å². The number of halogens is 1. The molecule has 128 valence electrons. The summed E-state index contributed by atoms with van der Waals surface area (Å²) in [5.74, 6) is 0.0614. The number of hydrogen-bond acceptors (Lipinski definition) is 3. The monoisotopic (exact) mass is 339 g/mol. The molecule has 2 N–H and O–H groups in total. The Hall–Kier alpha value is -3.22. The van der Waals surface area contributed by atoms with Crippen LogP contribution in [0.1, 0.15) is 11.4 Å². The van der Waals surface area contributed by atoms with Crippen LogP contribution in [-0.2, 0) is 6.42 Å². The van der Waals surface area contributed by atoms with Crippen molar-refractivity contribution < 1.29 is 9.18 Å². The lowest BCUT2D eigenvalue weighted by molar-refractivity contribution is 0.252. The molecule has 0 aliphatic heterocycles. The van der Waals surface area contributed by atoms with E-state index >= 15 is 0 Å². The number of anilines is 1. The first-order valence-corrected chi connectivity index (χ1v) is 7.89. The molecule has 6 nitrogen and oxygen atoms in total. The minimum Gasteiger partial charge on any atom is -0.337 e. The van der Waals surface area contributed by atoms with Gasteiger partial charge in [0.2, 0.25) is 0 Å². The number of carbonyl (C=O) groups is 1.